The zero-order valence-corrected chi connectivity index (χ0v) is 10.7. The smallest absolute Gasteiger partial charge is 0.394 e. The van der Waals surface area contributed by atoms with Crippen molar-refractivity contribution in [3.8, 4) is 0 Å². The minimum Gasteiger partial charge on any atom is -0.394 e. The van der Waals surface area contributed by atoms with E-state index in [1.54, 1.807) is 0 Å². The molecule has 0 bridgehead atoms. The molecule has 0 saturated heterocycles. The molecule has 0 radical (unpaired) electrons. The van der Waals surface area contributed by atoms with Crippen LogP contribution in [-0.4, -0.2) is 37.5 Å². The molecular formula is C12H15F3N2O3. The fourth-order valence-electron chi connectivity index (χ4n) is 1.52. The summed E-state index contributed by atoms with van der Waals surface area (Å²) in [6, 6.07) is 3.08. The van der Waals surface area contributed by atoms with Crippen molar-refractivity contribution in [2.24, 2.45) is 0 Å². The number of nitrogens with one attached hydrogen (secondary N) is 2. The number of rotatable bonds is 5. The quantitative estimate of drug-likeness (QED) is 0.775. The summed E-state index contributed by atoms with van der Waals surface area (Å²) >= 11 is 0. The number of methoxy groups -OCH3 is 1. The van der Waals surface area contributed by atoms with Crippen LogP contribution in [0.1, 0.15) is 5.56 Å². The summed E-state index contributed by atoms with van der Waals surface area (Å²) in [6.07, 6.45) is -4.56. The predicted octanol–water partition coefficient (Wildman–Crippen LogP) is 1.83. The van der Waals surface area contributed by atoms with Gasteiger partial charge in [-0.25, -0.2) is 4.79 Å². The van der Waals surface area contributed by atoms with Crippen LogP contribution in [0.4, 0.5) is 23.7 Å². The highest BCUT2D eigenvalue weighted by Gasteiger charge is 2.33. The van der Waals surface area contributed by atoms with E-state index in [9.17, 15) is 18.0 Å². The molecule has 0 aliphatic carbocycles. The average molecular weight is 292 g/mol. The van der Waals surface area contributed by atoms with Gasteiger partial charge >= 0.3 is 12.2 Å². The third kappa shape index (κ3) is 4.71. The van der Waals surface area contributed by atoms with Crippen LogP contribution in [0, 0.1) is 0 Å². The van der Waals surface area contributed by atoms with Crippen molar-refractivity contribution in [1.82, 2.24) is 5.32 Å². The van der Waals surface area contributed by atoms with E-state index < -0.39 is 23.8 Å². The second-order valence-electron chi connectivity index (χ2n) is 3.98. The molecule has 112 valence electrons. The molecule has 0 aromatic heterocycles. The Morgan fingerprint density at radius 3 is 2.60 bits per heavy atom. The van der Waals surface area contributed by atoms with Crippen molar-refractivity contribution >= 4 is 11.7 Å². The summed E-state index contributed by atoms with van der Waals surface area (Å²) in [7, 11) is 1.38. The van der Waals surface area contributed by atoms with Crippen LogP contribution in [0.3, 0.4) is 0 Å². The molecule has 5 nitrogen and oxygen atoms in total. The minimum absolute atomic E-state index is 0.0465. The number of hydrogen-bond acceptors (Lipinski definition) is 3. The number of halogens is 3. The van der Waals surface area contributed by atoms with Crippen LogP contribution >= 0.6 is 0 Å². The summed E-state index contributed by atoms with van der Waals surface area (Å²) in [5, 5.41) is 13.4. The summed E-state index contributed by atoms with van der Waals surface area (Å²) in [5.74, 6) is 0. The number of amides is 2. The lowest BCUT2D eigenvalue weighted by Crippen LogP contribution is -2.43. The number of para-hydroxylation sites is 1. The maximum absolute atomic E-state index is 12.7. The lowest BCUT2D eigenvalue weighted by molar-refractivity contribution is -0.136. The zero-order chi connectivity index (χ0) is 15.2. The van der Waals surface area contributed by atoms with Gasteiger partial charge in [-0.05, 0) is 12.1 Å². The average Bonchev–Trinajstić information content (AvgIpc) is 2.37. The number of benzene rings is 1. The lowest BCUT2D eigenvalue weighted by Gasteiger charge is -2.17. The van der Waals surface area contributed by atoms with Crippen molar-refractivity contribution in [3.05, 3.63) is 29.8 Å². The molecule has 2 amide bonds. The largest absolute Gasteiger partial charge is 0.418 e. The highest BCUT2D eigenvalue weighted by Crippen LogP contribution is 2.34. The molecule has 1 aromatic carbocycles. The Balaban J connectivity index is 2.76. The molecule has 0 spiro atoms. The molecule has 0 aliphatic rings. The summed E-state index contributed by atoms with van der Waals surface area (Å²) in [5.41, 5.74) is -1.30. The fraction of sp³-hybridized carbons (Fsp3) is 0.417. The molecule has 0 heterocycles. The third-order valence-electron chi connectivity index (χ3n) is 2.40. The van der Waals surface area contributed by atoms with E-state index >= 15 is 0 Å². The first-order chi connectivity index (χ1) is 9.38. The van der Waals surface area contributed by atoms with Crippen molar-refractivity contribution in [2.75, 3.05) is 25.6 Å². The Hall–Kier alpha value is -1.80. The van der Waals surface area contributed by atoms with Crippen LogP contribution < -0.4 is 10.6 Å². The molecule has 20 heavy (non-hydrogen) atoms. The van der Waals surface area contributed by atoms with Gasteiger partial charge in [-0.3, -0.25) is 0 Å². The van der Waals surface area contributed by atoms with Gasteiger partial charge in [-0.1, -0.05) is 12.1 Å². The van der Waals surface area contributed by atoms with E-state index in [0.717, 1.165) is 12.1 Å². The molecule has 3 N–H and O–H groups in total. The van der Waals surface area contributed by atoms with Crippen molar-refractivity contribution in [2.45, 2.75) is 12.2 Å². The SMILES string of the molecule is COCC(CO)NC(=O)Nc1ccccc1C(F)(F)F. The topological polar surface area (TPSA) is 70.6 Å². The number of urea groups is 1. The number of ether oxygens (including phenoxy) is 1. The van der Waals surface area contributed by atoms with Gasteiger partial charge in [0, 0.05) is 7.11 Å². The van der Waals surface area contributed by atoms with E-state index in [-0.39, 0.29) is 18.9 Å². The summed E-state index contributed by atoms with van der Waals surface area (Å²) in [4.78, 5) is 11.6. The third-order valence-corrected chi connectivity index (χ3v) is 2.40. The number of hydrogen-bond donors (Lipinski definition) is 3. The highest BCUT2D eigenvalue weighted by molar-refractivity contribution is 5.90. The Labute approximate surface area is 113 Å². The van der Waals surface area contributed by atoms with Crippen LogP contribution in [0.5, 0.6) is 0 Å². The summed E-state index contributed by atoms with van der Waals surface area (Å²) < 4.78 is 42.9. The number of carbonyl (C=O) groups is 1. The Morgan fingerprint density at radius 1 is 1.40 bits per heavy atom. The highest BCUT2D eigenvalue weighted by atomic mass is 19.4. The van der Waals surface area contributed by atoms with E-state index in [1.165, 1.54) is 19.2 Å². The lowest BCUT2D eigenvalue weighted by atomic mass is 10.1. The first-order valence-corrected chi connectivity index (χ1v) is 5.72. The monoisotopic (exact) mass is 292 g/mol. The van der Waals surface area contributed by atoms with Gasteiger partial charge < -0.3 is 20.5 Å². The fourth-order valence-corrected chi connectivity index (χ4v) is 1.52. The minimum atomic E-state index is -4.56. The van der Waals surface area contributed by atoms with Crippen molar-refractivity contribution in [1.29, 1.82) is 0 Å². The van der Waals surface area contributed by atoms with Gasteiger partial charge in [0.2, 0.25) is 0 Å². The zero-order valence-electron chi connectivity index (χ0n) is 10.7. The molecule has 0 aliphatic heterocycles. The molecule has 0 fully saturated rings. The van der Waals surface area contributed by atoms with Gasteiger partial charge in [0.05, 0.1) is 30.5 Å². The normalized spacial score (nSPS) is 12.8. The van der Waals surface area contributed by atoms with Gasteiger partial charge in [-0.2, -0.15) is 13.2 Å². The number of anilines is 1. The van der Waals surface area contributed by atoms with E-state index in [2.05, 4.69) is 10.6 Å². The van der Waals surface area contributed by atoms with E-state index in [0.29, 0.717) is 0 Å². The van der Waals surface area contributed by atoms with Crippen LogP contribution in [0.25, 0.3) is 0 Å². The molecule has 1 aromatic rings. The first-order valence-electron chi connectivity index (χ1n) is 5.72. The van der Waals surface area contributed by atoms with E-state index in [1.807, 2.05) is 0 Å². The van der Waals surface area contributed by atoms with Crippen LogP contribution in [0.2, 0.25) is 0 Å². The van der Waals surface area contributed by atoms with Gasteiger partial charge in [-0.15, -0.1) is 0 Å². The molecule has 1 rings (SSSR count). The number of aliphatic hydroxyl groups is 1. The Morgan fingerprint density at radius 2 is 2.05 bits per heavy atom. The maximum Gasteiger partial charge on any atom is 0.418 e. The number of alkyl halides is 3. The van der Waals surface area contributed by atoms with Crippen LogP contribution in [0.15, 0.2) is 24.3 Å². The predicted molar refractivity (Wildman–Crippen MR) is 66.3 cm³/mol. The van der Waals surface area contributed by atoms with Gasteiger partial charge in [0.15, 0.2) is 0 Å². The maximum atomic E-state index is 12.7. The number of aliphatic hydroxyl groups excluding tert-OH is 1. The van der Waals surface area contributed by atoms with Crippen molar-refractivity contribution in [3.63, 3.8) is 0 Å². The second-order valence-corrected chi connectivity index (χ2v) is 3.98. The van der Waals surface area contributed by atoms with Crippen molar-refractivity contribution < 1.29 is 27.8 Å². The second kappa shape index (κ2) is 7.11. The van der Waals surface area contributed by atoms with Gasteiger partial charge in [0.1, 0.15) is 0 Å². The molecule has 8 heteroatoms. The van der Waals surface area contributed by atoms with Gasteiger partial charge in [0.25, 0.3) is 0 Å². The molecule has 0 saturated carbocycles. The molecule has 1 unspecified atom stereocenters. The Bertz CT molecular complexity index is 452. The van der Waals surface area contributed by atoms with E-state index in [4.69, 9.17) is 9.84 Å². The number of carbonyl (C=O) groups excluding carboxylic acids is 1. The Kier molecular flexibility index (Phi) is 5.78. The standard InChI is InChI=1S/C12H15F3N2O3/c1-20-7-8(6-18)16-11(19)17-10-5-3-2-4-9(10)12(13,14)15/h2-5,8,18H,6-7H2,1H3,(H2,16,17,19). The summed E-state index contributed by atoms with van der Waals surface area (Å²) in [6.45, 7) is -0.340. The molecule has 1 atom stereocenters. The van der Waals surface area contributed by atoms with Crippen LogP contribution in [-0.2, 0) is 10.9 Å². The molecular weight excluding hydrogens is 277 g/mol. The first kappa shape index (κ1) is 16.3.